The molecule has 0 radical (unpaired) electrons. The van der Waals surface area contributed by atoms with Gasteiger partial charge in [-0.3, -0.25) is 14.7 Å². The van der Waals surface area contributed by atoms with Gasteiger partial charge in [-0.2, -0.15) is 0 Å². The number of carbonyl (C=O) groups excluding carboxylic acids is 2. The van der Waals surface area contributed by atoms with Gasteiger partial charge in [0.05, 0.1) is 6.42 Å². The van der Waals surface area contributed by atoms with E-state index in [4.69, 9.17) is 24.3 Å². The third-order valence-electron chi connectivity index (χ3n) is 4.29. The van der Waals surface area contributed by atoms with Crippen LogP contribution in [0.3, 0.4) is 0 Å². The molecule has 7 nitrogen and oxygen atoms in total. The van der Waals surface area contributed by atoms with Crippen molar-refractivity contribution in [1.82, 2.24) is 0 Å². The molecule has 0 rings (SSSR count). The molecule has 0 aliphatic carbocycles. The molecule has 0 saturated carbocycles. The summed E-state index contributed by atoms with van der Waals surface area (Å²) in [6, 6.07) is 0. The quantitative estimate of drug-likeness (QED) is 0.172. The van der Waals surface area contributed by atoms with Crippen LogP contribution in [0.15, 0.2) is 23.7 Å². The Labute approximate surface area is 175 Å². The van der Waals surface area contributed by atoms with Crippen LogP contribution in [0.5, 0.6) is 0 Å². The average Bonchev–Trinajstić information content (AvgIpc) is 2.72. The smallest absolute Gasteiger partial charge is 0.366 e. The summed E-state index contributed by atoms with van der Waals surface area (Å²) in [6.45, 7) is 10.2. The summed E-state index contributed by atoms with van der Waals surface area (Å²) in [5.41, 5.74) is 2.09. The second-order valence-corrected chi connectivity index (χ2v) is 6.66. The van der Waals surface area contributed by atoms with Gasteiger partial charge in [-0.25, -0.2) is 14.5 Å². The van der Waals surface area contributed by atoms with Crippen LogP contribution in [0.4, 0.5) is 0 Å². The van der Waals surface area contributed by atoms with Gasteiger partial charge in [-0.15, -0.1) is 0 Å². The van der Waals surface area contributed by atoms with Crippen LogP contribution in [0.1, 0.15) is 92.4 Å². The summed E-state index contributed by atoms with van der Waals surface area (Å²) in [5.74, 6) is -1.52. The van der Waals surface area contributed by atoms with E-state index in [2.05, 4.69) is 13.8 Å². The van der Waals surface area contributed by atoms with E-state index in [1.54, 1.807) is 6.92 Å². The number of unbranched alkanes of at least 4 members (excludes halogenated alkanes) is 2. The summed E-state index contributed by atoms with van der Waals surface area (Å²) < 4.78 is 5.28. The van der Waals surface area contributed by atoms with Gasteiger partial charge in [-0.1, -0.05) is 40.5 Å². The highest BCUT2D eigenvalue weighted by molar-refractivity contribution is 5.81. The fourth-order valence-corrected chi connectivity index (χ4v) is 2.38. The van der Waals surface area contributed by atoms with Crippen LogP contribution >= 0.6 is 0 Å². The van der Waals surface area contributed by atoms with E-state index in [9.17, 15) is 9.59 Å². The molecule has 0 aliphatic rings. The Hall–Kier alpha value is -2.02. The molecule has 29 heavy (non-hydrogen) atoms. The minimum absolute atomic E-state index is 0.233. The SMILES string of the molecule is CCCCC(=COOC(=O)CC(OCC)C(=O)OOC=C(CC)CCCC)CC. The van der Waals surface area contributed by atoms with E-state index < -0.39 is 18.0 Å². The van der Waals surface area contributed by atoms with Crippen molar-refractivity contribution in [3.63, 3.8) is 0 Å². The highest BCUT2D eigenvalue weighted by atomic mass is 17.2. The second kappa shape index (κ2) is 18.0. The summed E-state index contributed by atoms with van der Waals surface area (Å²) in [6.07, 6.45) is 9.04. The van der Waals surface area contributed by atoms with Gasteiger partial charge in [0.15, 0.2) is 6.10 Å². The van der Waals surface area contributed by atoms with Crippen LogP contribution in [0, 0.1) is 0 Å². The lowest BCUT2D eigenvalue weighted by Gasteiger charge is -2.13. The topological polar surface area (TPSA) is 80.3 Å². The lowest BCUT2D eigenvalue weighted by Crippen LogP contribution is -2.29. The summed E-state index contributed by atoms with van der Waals surface area (Å²) in [5, 5.41) is 0. The molecule has 1 unspecified atom stereocenters. The number of carbonyl (C=O) groups is 2. The van der Waals surface area contributed by atoms with E-state index in [0.29, 0.717) is 0 Å². The molecule has 7 heteroatoms. The lowest BCUT2D eigenvalue weighted by atomic mass is 10.1. The molecule has 0 aromatic rings. The van der Waals surface area contributed by atoms with Crippen molar-refractivity contribution >= 4 is 11.9 Å². The van der Waals surface area contributed by atoms with Crippen molar-refractivity contribution in [2.24, 2.45) is 0 Å². The van der Waals surface area contributed by atoms with Crippen molar-refractivity contribution in [2.45, 2.75) is 98.5 Å². The molecule has 0 heterocycles. The first-order valence-electron chi connectivity index (χ1n) is 10.7. The van der Waals surface area contributed by atoms with Gasteiger partial charge in [0.1, 0.15) is 12.5 Å². The first-order chi connectivity index (χ1) is 14.0. The van der Waals surface area contributed by atoms with Gasteiger partial charge in [0.2, 0.25) is 0 Å². The molecule has 0 bridgehead atoms. The first kappa shape index (κ1) is 27.0. The Kier molecular flexibility index (Phi) is 16.8. The third kappa shape index (κ3) is 13.7. The van der Waals surface area contributed by atoms with E-state index >= 15 is 0 Å². The normalized spacial score (nSPS) is 13.0. The lowest BCUT2D eigenvalue weighted by molar-refractivity contribution is -0.254. The van der Waals surface area contributed by atoms with Crippen LogP contribution in [-0.2, 0) is 33.9 Å². The minimum atomic E-state index is -1.13. The Balaban J connectivity index is 4.53. The van der Waals surface area contributed by atoms with Crippen LogP contribution in [0.25, 0.3) is 0 Å². The van der Waals surface area contributed by atoms with Crippen LogP contribution < -0.4 is 0 Å². The maximum atomic E-state index is 12.1. The second-order valence-electron chi connectivity index (χ2n) is 6.66. The fourth-order valence-electron chi connectivity index (χ4n) is 2.38. The molecule has 0 aromatic heterocycles. The molecule has 0 amide bonds. The zero-order valence-electron chi connectivity index (χ0n) is 18.7. The summed E-state index contributed by atoms with van der Waals surface area (Å²) in [7, 11) is 0. The number of ether oxygens (including phenoxy) is 1. The predicted octanol–water partition coefficient (Wildman–Crippen LogP) is 5.70. The Morgan fingerprint density at radius 3 is 1.76 bits per heavy atom. The molecular formula is C22H38O7. The van der Waals surface area contributed by atoms with E-state index in [1.165, 1.54) is 12.5 Å². The minimum Gasteiger partial charge on any atom is -0.366 e. The van der Waals surface area contributed by atoms with Crippen molar-refractivity contribution in [2.75, 3.05) is 6.61 Å². The number of allylic oxidation sites excluding steroid dienone is 2. The van der Waals surface area contributed by atoms with E-state index in [1.807, 2.05) is 13.8 Å². The van der Waals surface area contributed by atoms with Crippen molar-refractivity contribution in [1.29, 1.82) is 0 Å². The number of rotatable bonds is 17. The van der Waals surface area contributed by atoms with Crippen molar-refractivity contribution < 1.29 is 33.9 Å². The van der Waals surface area contributed by atoms with E-state index in [0.717, 1.165) is 62.5 Å². The Morgan fingerprint density at radius 1 is 0.793 bits per heavy atom. The number of hydrogen-bond acceptors (Lipinski definition) is 7. The highest BCUT2D eigenvalue weighted by Gasteiger charge is 2.27. The summed E-state index contributed by atoms with van der Waals surface area (Å²) >= 11 is 0. The first-order valence-corrected chi connectivity index (χ1v) is 10.7. The van der Waals surface area contributed by atoms with Crippen molar-refractivity contribution in [3.05, 3.63) is 23.7 Å². The maximum absolute atomic E-state index is 12.1. The van der Waals surface area contributed by atoms with Gasteiger partial charge in [-0.05, 0) is 56.6 Å². The van der Waals surface area contributed by atoms with Crippen molar-refractivity contribution in [3.8, 4) is 0 Å². The van der Waals surface area contributed by atoms with Gasteiger partial charge in [0, 0.05) is 6.61 Å². The number of hydrogen-bond donors (Lipinski definition) is 0. The van der Waals surface area contributed by atoms with Crippen LogP contribution in [0.2, 0.25) is 0 Å². The molecule has 0 fully saturated rings. The highest BCUT2D eigenvalue weighted by Crippen LogP contribution is 2.13. The predicted molar refractivity (Wildman–Crippen MR) is 110 cm³/mol. The molecule has 168 valence electrons. The standard InChI is InChI=1S/C22H38O7/c1-6-11-13-18(8-3)16-26-28-21(23)15-20(25-10-5)22(24)29-27-17-19(9-4)14-12-7-2/h16-17,20H,6-15H2,1-5H3. The van der Waals surface area contributed by atoms with E-state index in [-0.39, 0.29) is 13.0 Å². The molecule has 0 N–H and O–H groups in total. The fraction of sp³-hybridized carbons (Fsp3) is 0.727. The van der Waals surface area contributed by atoms with Gasteiger partial charge in [0.25, 0.3) is 0 Å². The van der Waals surface area contributed by atoms with Crippen LogP contribution in [-0.4, -0.2) is 24.6 Å². The third-order valence-corrected chi connectivity index (χ3v) is 4.29. The zero-order valence-corrected chi connectivity index (χ0v) is 18.7. The molecule has 1 atom stereocenters. The zero-order chi connectivity index (χ0) is 21.9. The Morgan fingerprint density at radius 2 is 1.31 bits per heavy atom. The Bertz CT molecular complexity index is 511. The largest absolute Gasteiger partial charge is 0.384 e. The monoisotopic (exact) mass is 414 g/mol. The maximum Gasteiger partial charge on any atom is 0.384 e. The van der Waals surface area contributed by atoms with Gasteiger partial charge >= 0.3 is 11.9 Å². The molecule has 0 spiro atoms. The molecule has 0 aliphatic heterocycles. The average molecular weight is 415 g/mol. The molecular weight excluding hydrogens is 376 g/mol. The molecule has 0 aromatic carbocycles. The van der Waals surface area contributed by atoms with Gasteiger partial charge < -0.3 is 4.74 Å². The summed E-state index contributed by atoms with van der Waals surface area (Å²) in [4.78, 5) is 43.4. The molecule has 0 saturated heterocycles.